The molecule has 2 rings (SSSR count). The molecule has 1 aliphatic heterocycles. The van der Waals surface area contributed by atoms with Crippen molar-refractivity contribution in [2.75, 3.05) is 19.8 Å². The molecule has 1 aromatic carbocycles. The molecule has 2 N–H and O–H groups in total. The molecule has 5 nitrogen and oxygen atoms in total. The lowest BCUT2D eigenvalue weighted by Gasteiger charge is -2.39. The van der Waals surface area contributed by atoms with Gasteiger partial charge in [-0.2, -0.15) is 0 Å². The van der Waals surface area contributed by atoms with Crippen LogP contribution >= 0.6 is 11.6 Å². The monoisotopic (exact) mass is 358 g/mol. The van der Waals surface area contributed by atoms with Gasteiger partial charge < -0.3 is 15.2 Å². The third-order valence-corrected chi connectivity index (χ3v) is 4.11. The van der Waals surface area contributed by atoms with Gasteiger partial charge in [-0.1, -0.05) is 17.7 Å². The minimum Gasteiger partial charge on any atom is -0.444 e. The Labute approximate surface area is 146 Å². The second-order valence-electron chi connectivity index (χ2n) is 6.92. The number of amides is 1. The van der Waals surface area contributed by atoms with Crippen molar-refractivity contribution in [3.05, 3.63) is 34.6 Å². The Morgan fingerprint density at radius 2 is 2.25 bits per heavy atom. The summed E-state index contributed by atoms with van der Waals surface area (Å²) in [5.41, 5.74) is 6.45. The topological polar surface area (TPSA) is 64.8 Å². The van der Waals surface area contributed by atoms with Crippen molar-refractivity contribution in [2.45, 2.75) is 44.9 Å². The van der Waals surface area contributed by atoms with E-state index >= 15 is 0 Å². The molecule has 1 saturated heterocycles. The number of hydrogen-bond acceptors (Lipinski definition) is 4. The SMILES string of the molecule is CC(C)(C)OC(=O)N1CCOCC1C(N)Cc1ccc(F)cc1Cl. The van der Waals surface area contributed by atoms with Gasteiger partial charge in [-0.3, -0.25) is 4.90 Å². The van der Waals surface area contributed by atoms with Crippen LogP contribution in [-0.4, -0.2) is 48.4 Å². The van der Waals surface area contributed by atoms with Crippen molar-refractivity contribution >= 4 is 17.7 Å². The normalized spacial score (nSPS) is 19.9. The van der Waals surface area contributed by atoms with Gasteiger partial charge in [-0.15, -0.1) is 0 Å². The summed E-state index contributed by atoms with van der Waals surface area (Å²) in [5.74, 6) is -0.395. The second kappa shape index (κ2) is 7.68. The van der Waals surface area contributed by atoms with Gasteiger partial charge in [0.1, 0.15) is 11.4 Å². The number of rotatable bonds is 3. The fourth-order valence-electron chi connectivity index (χ4n) is 2.60. The standard InChI is InChI=1S/C17H24ClFN2O3/c1-17(2,3)24-16(22)21-6-7-23-10-15(21)14(20)8-11-4-5-12(19)9-13(11)18/h4-5,9,14-15H,6-8,10,20H2,1-3H3. The fourth-order valence-corrected chi connectivity index (χ4v) is 2.85. The highest BCUT2D eigenvalue weighted by Crippen LogP contribution is 2.22. The van der Waals surface area contributed by atoms with Gasteiger partial charge in [-0.05, 0) is 44.9 Å². The molecule has 1 aliphatic rings. The Bertz CT molecular complexity index is 592. The number of ether oxygens (including phenoxy) is 2. The van der Waals surface area contributed by atoms with Crippen LogP contribution < -0.4 is 5.73 Å². The van der Waals surface area contributed by atoms with Crippen LogP contribution in [-0.2, 0) is 15.9 Å². The highest BCUT2D eigenvalue weighted by molar-refractivity contribution is 6.31. The van der Waals surface area contributed by atoms with E-state index in [1.54, 1.807) is 11.0 Å². The molecule has 1 heterocycles. The number of nitrogens with two attached hydrogens (primary N) is 1. The molecule has 2 unspecified atom stereocenters. The van der Waals surface area contributed by atoms with E-state index in [1.165, 1.54) is 12.1 Å². The molecule has 0 spiro atoms. The van der Waals surface area contributed by atoms with Crippen molar-refractivity contribution in [3.8, 4) is 0 Å². The summed E-state index contributed by atoms with van der Waals surface area (Å²) in [7, 11) is 0. The van der Waals surface area contributed by atoms with Crippen molar-refractivity contribution < 1.29 is 18.7 Å². The Hall–Kier alpha value is -1.37. The predicted octanol–water partition coefficient (Wildman–Crippen LogP) is 2.98. The van der Waals surface area contributed by atoms with Crippen LogP contribution in [0.2, 0.25) is 5.02 Å². The van der Waals surface area contributed by atoms with Crippen molar-refractivity contribution in [2.24, 2.45) is 5.73 Å². The van der Waals surface area contributed by atoms with Crippen molar-refractivity contribution in [1.29, 1.82) is 0 Å². The average molecular weight is 359 g/mol. The van der Waals surface area contributed by atoms with Crippen LogP contribution in [0.25, 0.3) is 0 Å². The molecule has 134 valence electrons. The number of benzene rings is 1. The van der Waals surface area contributed by atoms with Gasteiger partial charge >= 0.3 is 6.09 Å². The van der Waals surface area contributed by atoms with E-state index in [4.69, 9.17) is 26.8 Å². The largest absolute Gasteiger partial charge is 0.444 e. The smallest absolute Gasteiger partial charge is 0.410 e. The number of carbonyl (C=O) groups excluding carboxylic acids is 1. The van der Waals surface area contributed by atoms with Crippen LogP contribution in [0.1, 0.15) is 26.3 Å². The van der Waals surface area contributed by atoms with Crippen LogP contribution in [0.4, 0.5) is 9.18 Å². The summed E-state index contributed by atoms with van der Waals surface area (Å²) in [4.78, 5) is 14.0. The first-order chi connectivity index (χ1) is 11.2. The maximum absolute atomic E-state index is 13.2. The van der Waals surface area contributed by atoms with Gasteiger partial charge in [0.05, 0.1) is 19.3 Å². The third-order valence-electron chi connectivity index (χ3n) is 3.76. The lowest BCUT2D eigenvalue weighted by atomic mass is 9.98. The molecule has 0 aromatic heterocycles. The Morgan fingerprint density at radius 1 is 1.54 bits per heavy atom. The molecule has 2 atom stereocenters. The molecular weight excluding hydrogens is 335 g/mol. The maximum Gasteiger partial charge on any atom is 0.410 e. The second-order valence-corrected chi connectivity index (χ2v) is 7.33. The molecule has 0 radical (unpaired) electrons. The highest BCUT2D eigenvalue weighted by atomic mass is 35.5. The zero-order valence-electron chi connectivity index (χ0n) is 14.2. The molecule has 0 saturated carbocycles. The third kappa shape index (κ3) is 5.06. The Kier molecular flexibility index (Phi) is 6.06. The van der Waals surface area contributed by atoms with Crippen molar-refractivity contribution in [3.63, 3.8) is 0 Å². The molecular formula is C17H24ClFN2O3. The zero-order chi connectivity index (χ0) is 17.9. The maximum atomic E-state index is 13.2. The molecule has 1 aromatic rings. The van der Waals surface area contributed by atoms with E-state index in [2.05, 4.69) is 0 Å². The number of carbonyl (C=O) groups is 1. The summed E-state index contributed by atoms with van der Waals surface area (Å²) in [6, 6.07) is 3.48. The summed E-state index contributed by atoms with van der Waals surface area (Å²) in [6.45, 7) is 6.65. The average Bonchev–Trinajstić information content (AvgIpc) is 2.48. The van der Waals surface area contributed by atoms with Crippen LogP contribution in [0.15, 0.2) is 18.2 Å². The molecule has 24 heavy (non-hydrogen) atoms. The lowest BCUT2D eigenvalue weighted by Crippen LogP contribution is -2.58. The van der Waals surface area contributed by atoms with E-state index in [1.807, 2.05) is 20.8 Å². The van der Waals surface area contributed by atoms with E-state index in [0.29, 0.717) is 31.2 Å². The van der Waals surface area contributed by atoms with Gasteiger partial charge in [0.25, 0.3) is 0 Å². The summed E-state index contributed by atoms with van der Waals surface area (Å²) < 4.78 is 24.1. The molecule has 1 fully saturated rings. The van der Waals surface area contributed by atoms with E-state index in [9.17, 15) is 9.18 Å². The van der Waals surface area contributed by atoms with Gasteiger partial charge in [0.2, 0.25) is 0 Å². The number of hydrogen-bond donors (Lipinski definition) is 1. The van der Waals surface area contributed by atoms with Crippen molar-refractivity contribution in [1.82, 2.24) is 4.90 Å². The first-order valence-corrected chi connectivity index (χ1v) is 8.32. The summed E-state index contributed by atoms with van der Waals surface area (Å²) in [5, 5.41) is 0.325. The Morgan fingerprint density at radius 3 is 2.88 bits per heavy atom. The molecule has 1 amide bonds. The molecule has 0 bridgehead atoms. The van der Waals surface area contributed by atoms with Gasteiger partial charge in [0, 0.05) is 17.6 Å². The number of morpholine rings is 1. The lowest BCUT2D eigenvalue weighted by molar-refractivity contribution is -0.0378. The minimum absolute atomic E-state index is 0.324. The predicted molar refractivity (Wildman–Crippen MR) is 90.6 cm³/mol. The van der Waals surface area contributed by atoms with Crippen LogP contribution in [0.5, 0.6) is 0 Å². The first kappa shape index (κ1) is 19.0. The molecule has 0 aliphatic carbocycles. The van der Waals surface area contributed by atoms with Crippen LogP contribution in [0, 0.1) is 5.82 Å². The summed E-state index contributed by atoms with van der Waals surface area (Å²) in [6.07, 6.45) is 0.00310. The first-order valence-electron chi connectivity index (χ1n) is 7.94. The fraction of sp³-hybridized carbons (Fsp3) is 0.588. The highest BCUT2D eigenvalue weighted by Gasteiger charge is 2.34. The van der Waals surface area contributed by atoms with E-state index in [-0.39, 0.29) is 6.04 Å². The number of nitrogens with zero attached hydrogens (tertiary/aromatic N) is 1. The summed E-state index contributed by atoms with van der Waals surface area (Å²) >= 11 is 6.07. The minimum atomic E-state index is -0.579. The van der Waals surface area contributed by atoms with E-state index in [0.717, 1.165) is 5.56 Å². The van der Waals surface area contributed by atoms with Gasteiger partial charge in [-0.25, -0.2) is 9.18 Å². The molecule has 7 heteroatoms. The zero-order valence-corrected chi connectivity index (χ0v) is 15.0. The van der Waals surface area contributed by atoms with Gasteiger partial charge in [0.15, 0.2) is 0 Å². The Balaban J connectivity index is 2.09. The van der Waals surface area contributed by atoms with Crippen LogP contribution in [0.3, 0.4) is 0 Å². The quantitative estimate of drug-likeness (QED) is 0.902. The number of halogens is 2. The van der Waals surface area contributed by atoms with E-state index < -0.39 is 23.6 Å².